The van der Waals surface area contributed by atoms with Crippen LogP contribution in [0.25, 0.3) is 0 Å². The van der Waals surface area contributed by atoms with Crippen LogP contribution in [0.15, 0.2) is 23.0 Å². The van der Waals surface area contributed by atoms with Crippen molar-refractivity contribution in [2.75, 3.05) is 0 Å². The van der Waals surface area contributed by atoms with E-state index in [0.29, 0.717) is 0 Å². The molecule has 0 saturated carbocycles. The predicted molar refractivity (Wildman–Crippen MR) is 31.0 cm³/mol. The number of hydrazone groups is 1. The summed E-state index contributed by atoms with van der Waals surface area (Å²) in [5.74, 6) is 4.75. The minimum atomic E-state index is 1.47. The summed E-state index contributed by atoms with van der Waals surface area (Å²) in [7, 11) is 0. The van der Waals surface area contributed by atoms with Crippen molar-refractivity contribution in [3.05, 3.63) is 17.9 Å². The summed E-state index contributed by atoms with van der Waals surface area (Å²) >= 11 is 0. The summed E-state index contributed by atoms with van der Waals surface area (Å²) < 4.78 is 0. The summed E-state index contributed by atoms with van der Waals surface area (Å²) in [5.41, 5.74) is 2.77. The molecule has 0 aromatic carbocycles. The van der Waals surface area contributed by atoms with Crippen molar-refractivity contribution in [1.82, 2.24) is 0 Å². The zero-order valence-corrected chi connectivity index (χ0v) is 4.26. The Morgan fingerprint density at radius 2 is 2.43 bits per heavy atom. The van der Waals surface area contributed by atoms with Crippen molar-refractivity contribution >= 4 is 6.21 Å². The molecule has 0 atom stereocenters. The number of rotatable bonds is 1. The van der Waals surface area contributed by atoms with E-state index in [0.717, 1.165) is 0 Å². The van der Waals surface area contributed by atoms with Crippen LogP contribution in [-0.4, -0.2) is 6.21 Å². The molecule has 0 radical (unpaired) electrons. The largest absolute Gasteiger partial charge is 0.323 e. The van der Waals surface area contributed by atoms with Crippen LogP contribution < -0.4 is 5.84 Å². The van der Waals surface area contributed by atoms with Gasteiger partial charge in [0, 0.05) is 0 Å². The van der Waals surface area contributed by atoms with E-state index in [9.17, 15) is 0 Å². The number of nitrogens with zero attached hydrogens (tertiary/aromatic N) is 1. The van der Waals surface area contributed by atoms with Crippen molar-refractivity contribution in [3.63, 3.8) is 0 Å². The molecule has 0 spiro atoms. The Bertz CT molecular complexity index is 107. The van der Waals surface area contributed by atoms with Gasteiger partial charge in [0.2, 0.25) is 0 Å². The molecule has 0 aliphatic heterocycles. The highest BCUT2D eigenvalue weighted by atomic mass is 15.1. The minimum Gasteiger partial charge on any atom is -0.323 e. The van der Waals surface area contributed by atoms with Crippen molar-refractivity contribution in [1.29, 1.82) is 0 Å². The Morgan fingerprint density at radius 1 is 1.71 bits per heavy atom. The van der Waals surface area contributed by atoms with Gasteiger partial charge >= 0.3 is 0 Å². The van der Waals surface area contributed by atoms with E-state index in [1.165, 1.54) is 6.21 Å². The Morgan fingerprint density at radius 3 is 2.86 bits per heavy atom. The summed E-state index contributed by atoms with van der Waals surface area (Å²) in [6, 6.07) is 0. The maximum absolute atomic E-state index is 4.75. The first-order chi connectivity index (χ1) is 3.41. The molecule has 0 amide bonds. The molecule has 0 saturated heterocycles. The molecule has 0 aromatic rings. The quantitative estimate of drug-likeness (QED) is 0.221. The van der Waals surface area contributed by atoms with Gasteiger partial charge in [-0.1, -0.05) is 0 Å². The topological polar surface area (TPSA) is 38.4 Å². The molecule has 0 rings (SSSR count). The van der Waals surface area contributed by atoms with E-state index in [2.05, 4.69) is 10.8 Å². The average molecular weight is 96.1 g/mol. The van der Waals surface area contributed by atoms with Crippen LogP contribution in [0, 0.1) is 0 Å². The molecule has 0 aliphatic carbocycles. The lowest BCUT2D eigenvalue weighted by Crippen LogP contribution is -1.76. The third-order valence-electron chi connectivity index (χ3n) is 0.423. The van der Waals surface area contributed by atoms with E-state index >= 15 is 0 Å². The summed E-state index contributed by atoms with van der Waals surface area (Å²) in [4.78, 5) is 0. The lowest BCUT2D eigenvalue weighted by atomic mass is 10.6. The predicted octanol–water partition coefficient (Wildman–Crippen LogP) is 0.662. The summed E-state index contributed by atoms with van der Waals surface area (Å²) in [5, 5.41) is 3.21. The summed E-state index contributed by atoms with van der Waals surface area (Å²) in [6.45, 7) is 1.88. The normalized spacial score (nSPS) is 8.14. The molecule has 2 N–H and O–H groups in total. The van der Waals surface area contributed by atoms with Gasteiger partial charge in [-0.05, 0) is 19.1 Å². The number of hydrogen-bond acceptors (Lipinski definition) is 2. The van der Waals surface area contributed by atoms with Gasteiger partial charge in [-0.15, -0.1) is 5.73 Å². The molecule has 0 unspecified atom stereocenters. The zero-order valence-electron chi connectivity index (χ0n) is 4.26. The van der Waals surface area contributed by atoms with Crippen LogP contribution in [-0.2, 0) is 0 Å². The Hall–Kier alpha value is -1.01. The third-order valence-corrected chi connectivity index (χ3v) is 0.423. The second kappa shape index (κ2) is 4.99. The zero-order chi connectivity index (χ0) is 5.54. The number of allylic oxidation sites excluding steroid dienone is 1. The van der Waals surface area contributed by atoms with Crippen LogP contribution in [0.5, 0.6) is 0 Å². The highest BCUT2D eigenvalue weighted by Crippen LogP contribution is 1.58. The molecule has 38 valence electrons. The fraction of sp³-hybridized carbons (Fsp3) is 0.200. The standard InChI is InChI=1S/C5H8N2/c1-2-3-4-5-7-6/h2,4-5H,6H2,1H3/b7-5-. The monoisotopic (exact) mass is 96.1 g/mol. The van der Waals surface area contributed by atoms with Crippen molar-refractivity contribution in [2.45, 2.75) is 6.92 Å². The molecule has 2 heteroatoms. The smallest absolute Gasteiger partial charge is 0.0542 e. The van der Waals surface area contributed by atoms with E-state index in [1.807, 2.05) is 6.92 Å². The molecular weight excluding hydrogens is 88.1 g/mol. The van der Waals surface area contributed by atoms with Crippen LogP contribution in [0.4, 0.5) is 0 Å². The van der Waals surface area contributed by atoms with Gasteiger partial charge in [0.05, 0.1) is 6.21 Å². The highest BCUT2D eigenvalue weighted by Gasteiger charge is 1.49. The lowest BCUT2D eigenvalue weighted by Gasteiger charge is -1.62. The van der Waals surface area contributed by atoms with Gasteiger partial charge < -0.3 is 5.84 Å². The molecule has 2 nitrogen and oxygen atoms in total. The first-order valence-corrected chi connectivity index (χ1v) is 2.00. The Labute approximate surface area is 43.0 Å². The molecular formula is C5H8N2. The second-order valence-electron chi connectivity index (χ2n) is 0.920. The van der Waals surface area contributed by atoms with Gasteiger partial charge in [-0.2, -0.15) is 5.10 Å². The van der Waals surface area contributed by atoms with Crippen LogP contribution >= 0.6 is 0 Å². The van der Waals surface area contributed by atoms with Crippen LogP contribution in [0.2, 0.25) is 0 Å². The van der Waals surface area contributed by atoms with Crippen molar-refractivity contribution in [3.8, 4) is 0 Å². The first-order valence-electron chi connectivity index (χ1n) is 2.00. The molecule has 0 fully saturated rings. The van der Waals surface area contributed by atoms with Gasteiger partial charge in [-0.25, -0.2) is 0 Å². The Balaban J connectivity index is 3.48. The maximum Gasteiger partial charge on any atom is 0.0542 e. The molecule has 0 bridgehead atoms. The van der Waals surface area contributed by atoms with E-state index in [4.69, 9.17) is 5.84 Å². The lowest BCUT2D eigenvalue weighted by molar-refractivity contribution is 1.27. The van der Waals surface area contributed by atoms with E-state index in [1.54, 1.807) is 12.2 Å². The molecule has 0 aliphatic rings. The van der Waals surface area contributed by atoms with Gasteiger partial charge in [0.15, 0.2) is 0 Å². The van der Waals surface area contributed by atoms with E-state index < -0.39 is 0 Å². The van der Waals surface area contributed by atoms with Gasteiger partial charge in [0.25, 0.3) is 0 Å². The van der Waals surface area contributed by atoms with Gasteiger partial charge in [0.1, 0.15) is 0 Å². The molecule has 0 heterocycles. The fourth-order valence-corrected chi connectivity index (χ4v) is 0.182. The second-order valence-corrected chi connectivity index (χ2v) is 0.920. The van der Waals surface area contributed by atoms with Crippen molar-refractivity contribution in [2.24, 2.45) is 10.9 Å². The maximum atomic E-state index is 4.75. The third kappa shape index (κ3) is 4.99. The van der Waals surface area contributed by atoms with Crippen LogP contribution in [0.1, 0.15) is 6.92 Å². The fourth-order valence-electron chi connectivity index (χ4n) is 0.182. The summed E-state index contributed by atoms with van der Waals surface area (Å²) in [6.07, 6.45) is 4.89. The number of nitrogens with two attached hydrogens (primary N) is 1. The molecule has 0 aromatic heterocycles. The minimum absolute atomic E-state index is 1.47. The first kappa shape index (κ1) is 5.99. The van der Waals surface area contributed by atoms with Gasteiger partial charge in [-0.3, -0.25) is 0 Å². The highest BCUT2D eigenvalue weighted by molar-refractivity contribution is 5.70. The van der Waals surface area contributed by atoms with Crippen LogP contribution in [0.3, 0.4) is 0 Å². The average Bonchev–Trinajstić information content (AvgIpc) is 1.69. The SMILES string of the molecule is CC=C=C/C=N\N. The Kier molecular flexibility index (Phi) is 4.27. The number of hydrogen-bond donors (Lipinski definition) is 1. The van der Waals surface area contributed by atoms with Crippen molar-refractivity contribution < 1.29 is 0 Å². The van der Waals surface area contributed by atoms with E-state index in [-0.39, 0.29) is 0 Å². The molecule has 7 heavy (non-hydrogen) atoms.